The molecule has 0 radical (unpaired) electrons. The van der Waals surface area contributed by atoms with Crippen molar-refractivity contribution in [1.29, 1.82) is 0 Å². The summed E-state index contributed by atoms with van der Waals surface area (Å²) >= 11 is 1.22. The molecule has 0 aliphatic carbocycles. The van der Waals surface area contributed by atoms with Gasteiger partial charge in [-0.15, -0.1) is 0 Å². The number of rotatable bonds is 7. The Balaban J connectivity index is 1.58. The van der Waals surface area contributed by atoms with Crippen LogP contribution in [0, 0.1) is 0 Å². The number of amides is 2. The molecule has 35 heavy (non-hydrogen) atoms. The number of para-hydroxylation sites is 1. The van der Waals surface area contributed by atoms with Gasteiger partial charge in [0.2, 0.25) is 5.91 Å². The smallest absolute Gasteiger partial charge is 0.283 e. The molecule has 0 aromatic heterocycles. The molecule has 1 N–H and O–H groups in total. The summed E-state index contributed by atoms with van der Waals surface area (Å²) in [5.41, 5.74) is 2.42. The van der Waals surface area contributed by atoms with Crippen molar-refractivity contribution < 1.29 is 19.1 Å². The van der Waals surface area contributed by atoms with Crippen molar-refractivity contribution in [2.24, 2.45) is 4.99 Å². The van der Waals surface area contributed by atoms with E-state index < -0.39 is 5.25 Å². The Morgan fingerprint density at radius 2 is 1.57 bits per heavy atom. The van der Waals surface area contributed by atoms with Crippen molar-refractivity contribution in [3.63, 3.8) is 0 Å². The summed E-state index contributed by atoms with van der Waals surface area (Å²) in [5.74, 6) is 0.648. The highest BCUT2D eigenvalue weighted by atomic mass is 32.2. The molecule has 0 bridgehead atoms. The highest BCUT2D eigenvalue weighted by Crippen LogP contribution is 2.32. The van der Waals surface area contributed by atoms with E-state index in [9.17, 15) is 9.59 Å². The topological polar surface area (TPSA) is 80.2 Å². The van der Waals surface area contributed by atoms with Gasteiger partial charge in [0.05, 0.1) is 25.2 Å². The van der Waals surface area contributed by atoms with E-state index in [4.69, 9.17) is 9.47 Å². The van der Waals surface area contributed by atoms with E-state index in [-0.39, 0.29) is 11.8 Å². The first kappa shape index (κ1) is 24.1. The summed E-state index contributed by atoms with van der Waals surface area (Å²) in [6.07, 6.45) is 1.75. The van der Waals surface area contributed by atoms with Gasteiger partial charge in [-0.3, -0.25) is 14.5 Å². The lowest BCUT2D eigenvalue weighted by atomic mass is 10.2. The zero-order chi connectivity index (χ0) is 24.8. The van der Waals surface area contributed by atoms with E-state index in [1.165, 1.54) is 16.7 Å². The third kappa shape index (κ3) is 5.73. The number of thioether (sulfide) groups is 1. The zero-order valence-electron chi connectivity index (χ0n) is 19.6. The fourth-order valence-electron chi connectivity index (χ4n) is 3.42. The Morgan fingerprint density at radius 3 is 2.17 bits per heavy atom. The molecular formula is C27H25N3O4S. The second-order valence-electron chi connectivity index (χ2n) is 7.66. The quantitative estimate of drug-likeness (QED) is 0.463. The molecule has 3 aromatic rings. The van der Waals surface area contributed by atoms with Crippen LogP contribution >= 0.6 is 11.8 Å². The fraction of sp³-hybridized carbons (Fsp3) is 0.148. The molecule has 1 aliphatic heterocycles. The number of carbonyl (C=O) groups is 2. The normalized spacial score (nSPS) is 15.1. The molecule has 1 atom stereocenters. The lowest BCUT2D eigenvalue weighted by Gasteiger charge is -2.20. The van der Waals surface area contributed by atoms with Gasteiger partial charge in [0.15, 0.2) is 5.17 Å². The largest absolute Gasteiger partial charge is 0.497 e. The molecule has 4 rings (SSSR count). The minimum Gasteiger partial charge on any atom is -0.497 e. The third-order valence-electron chi connectivity index (χ3n) is 5.22. The number of nitrogens with one attached hydrogen (secondary N) is 1. The van der Waals surface area contributed by atoms with Crippen LogP contribution in [0.3, 0.4) is 0 Å². The molecule has 178 valence electrons. The molecule has 3 aromatic carbocycles. The molecule has 2 amide bonds. The van der Waals surface area contributed by atoms with E-state index in [1.807, 2.05) is 60.7 Å². The van der Waals surface area contributed by atoms with Gasteiger partial charge in [-0.25, -0.2) is 4.99 Å². The Bertz CT molecular complexity index is 1250. The standard InChI is InChI=1S/C27H25N3O4S/c1-18(25(31)28-20-15-22(33-2)17-23(16-20)34-3)35-27-29-24(14-19-10-6-4-7-11-19)26(32)30(27)21-12-8-5-9-13-21/h4-18H,1-3H3,(H,28,31)/b24-14+. The number of carbonyl (C=O) groups excluding carboxylic acids is 2. The summed E-state index contributed by atoms with van der Waals surface area (Å²) in [7, 11) is 3.10. The van der Waals surface area contributed by atoms with Gasteiger partial charge in [0.1, 0.15) is 17.2 Å². The van der Waals surface area contributed by atoms with Gasteiger partial charge in [-0.1, -0.05) is 60.3 Å². The van der Waals surface area contributed by atoms with Crippen molar-refractivity contribution in [2.45, 2.75) is 12.2 Å². The lowest BCUT2D eigenvalue weighted by Crippen LogP contribution is -2.33. The lowest BCUT2D eigenvalue weighted by molar-refractivity contribution is -0.115. The van der Waals surface area contributed by atoms with Crippen LogP contribution in [0.2, 0.25) is 0 Å². The first-order valence-electron chi connectivity index (χ1n) is 10.9. The highest BCUT2D eigenvalue weighted by molar-refractivity contribution is 8.15. The van der Waals surface area contributed by atoms with Crippen molar-refractivity contribution in [2.75, 3.05) is 24.4 Å². The van der Waals surface area contributed by atoms with Crippen molar-refractivity contribution in [1.82, 2.24) is 0 Å². The molecule has 0 fully saturated rings. The van der Waals surface area contributed by atoms with Crippen LogP contribution < -0.4 is 19.7 Å². The minimum absolute atomic E-state index is 0.242. The Labute approximate surface area is 208 Å². The first-order valence-corrected chi connectivity index (χ1v) is 11.8. The maximum absolute atomic E-state index is 13.3. The number of aliphatic imine (C=N–C) groups is 1. The van der Waals surface area contributed by atoms with Gasteiger partial charge in [-0.2, -0.15) is 0 Å². The minimum atomic E-state index is -0.541. The van der Waals surface area contributed by atoms with Gasteiger partial charge < -0.3 is 14.8 Å². The van der Waals surface area contributed by atoms with E-state index in [1.54, 1.807) is 45.4 Å². The summed E-state index contributed by atoms with van der Waals surface area (Å²) in [6.45, 7) is 1.77. The predicted molar refractivity (Wildman–Crippen MR) is 141 cm³/mol. The summed E-state index contributed by atoms with van der Waals surface area (Å²) in [5, 5.41) is 2.79. The monoisotopic (exact) mass is 487 g/mol. The number of hydrogen-bond donors (Lipinski definition) is 1. The van der Waals surface area contributed by atoms with E-state index in [2.05, 4.69) is 10.3 Å². The number of anilines is 2. The van der Waals surface area contributed by atoms with Crippen LogP contribution in [0.5, 0.6) is 11.5 Å². The molecule has 0 saturated heterocycles. The average Bonchev–Trinajstić information content (AvgIpc) is 3.18. The Hall–Kier alpha value is -4.04. The van der Waals surface area contributed by atoms with E-state index in [0.717, 1.165) is 5.56 Å². The first-order chi connectivity index (χ1) is 17.0. The number of benzene rings is 3. The molecule has 0 saturated carbocycles. The van der Waals surface area contributed by atoms with Gasteiger partial charge in [-0.05, 0) is 30.7 Å². The van der Waals surface area contributed by atoms with Crippen LogP contribution in [0.15, 0.2) is 89.6 Å². The Kier molecular flexibility index (Phi) is 7.52. The average molecular weight is 488 g/mol. The van der Waals surface area contributed by atoms with Crippen LogP contribution in [0.4, 0.5) is 11.4 Å². The van der Waals surface area contributed by atoms with Crippen LogP contribution in [0.1, 0.15) is 12.5 Å². The molecule has 0 spiro atoms. The van der Waals surface area contributed by atoms with Gasteiger partial charge in [0.25, 0.3) is 5.91 Å². The molecule has 7 nitrogen and oxygen atoms in total. The number of nitrogens with zero attached hydrogens (tertiary/aromatic N) is 2. The zero-order valence-corrected chi connectivity index (χ0v) is 20.4. The predicted octanol–water partition coefficient (Wildman–Crippen LogP) is 5.21. The van der Waals surface area contributed by atoms with Gasteiger partial charge >= 0.3 is 0 Å². The van der Waals surface area contributed by atoms with E-state index >= 15 is 0 Å². The van der Waals surface area contributed by atoms with Crippen molar-refractivity contribution in [3.05, 3.63) is 90.1 Å². The Morgan fingerprint density at radius 1 is 0.971 bits per heavy atom. The molecule has 1 unspecified atom stereocenters. The number of amidine groups is 1. The number of ether oxygens (including phenoxy) is 2. The summed E-state index contributed by atoms with van der Waals surface area (Å²) < 4.78 is 10.6. The molecular weight excluding hydrogens is 462 g/mol. The molecule has 1 heterocycles. The number of methoxy groups -OCH3 is 2. The van der Waals surface area contributed by atoms with Gasteiger partial charge in [0, 0.05) is 23.9 Å². The van der Waals surface area contributed by atoms with Crippen LogP contribution in [-0.4, -0.2) is 36.5 Å². The van der Waals surface area contributed by atoms with Crippen molar-refractivity contribution in [3.8, 4) is 11.5 Å². The van der Waals surface area contributed by atoms with Crippen LogP contribution in [0.25, 0.3) is 6.08 Å². The number of hydrogen-bond acceptors (Lipinski definition) is 6. The maximum atomic E-state index is 13.3. The summed E-state index contributed by atoms with van der Waals surface area (Å²) in [4.78, 5) is 32.5. The summed E-state index contributed by atoms with van der Waals surface area (Å²) in [6, 6.07) is 24.0. The third-order valence-corrected chi connectivity index (χ3v) is 6.27. The second kappa shape index (κ2) is 10.9. The molecule has 1 aliphatic rings. The SMILES string of the molecule is COc1cc(NC(=O)C(C)SC2=N/C(=C/c3ccccc3)C(=O)N2c2ccccc2)cc(OC)c1. The maximum Gasteiger partial charge on any atom is 0.283 e. The fourth-order valence-corrected chi connectivity index (χ4v) is 4.35. The van der Waals surface area contributed by atoms with Crippen LogP contribution in [-0.2, 0) is 9.59 Å². The van der Waals surface area contributed by atoms with Crippen molar-refractivity contribution >= 4 is 46.2 Å². The highest BCUT2D eigenvalue weighted by Gasteiger charge is 2.34. The molecule has 8 heteroatoms. The van der Waals surface area contributed by atoms with E-state index in [0.29, 0.717) is 33.7 Å². The second-order valence-corrected chi connectivity index (χ2v) is 8.97.